The smallest absolute Gasteiger partial charge is 0.273 e. The number of nitrogens with two attached hydrogens (primary N) is 1. The standard InChI is InChI=1S/C27H22N6O3S/c1-17-29-12-13-33(17)37(35,36)24-9-5-4-8-21(24)18-10-11-23-22(14-18)25(31-27(28)30-23)26(34)32-15-19-6-2-3-7-20(19)16-32/h2-14H,15-16H2,1H3,(H2,28,30,31). The van der Waals surface area contributed by atoms with Gasteiger partial charge in [0.2, 0.25) is 5.95 Å². The molecule has 0 atom stereocenters. The third kappa shape index (κ3) is 3.82. The highest BCUT2D eigenvalue weighted by molar-refractivity contribution is 7.90. The number of aromatic nitrogens is 4. The van der Waals surface area contributed by atoms with Crippen molar-refractivity contribution in [2.75, 3.05) is 5.73 Å². The van der Waals surface area contributed by atoms with Crippen LogP contribution in [0.3, 0.4) is 0 Å². The molecule has 10 heteroatoms. The maximum absolute atomic E-state index is 13.6. The molecule has 2 aromatic heterocycles. The third-order valence-corrected chi connectivity index (χ3v) is 8.38. The van der Waals surface area contributed by atoms with Gasteiger partial charge in [0.25, 0.3) is 15.9 Å². The van der Waals surface area contributed by atoms with Crippen molar-refractivity contribution in [1.29, 1.82) is 0 Å². The molecule has 3 heterocycles. The number of carbonyl (C=O) groups excluding carboxylic acids is 1. The second-order valence-electron chi connectivity index (χ2n) is 8.86. The number of fused-ring (bicyclic) bond motifs is 2. The molecule has 0 aliphatic carbocycles. The minimum atomic E-state index is -3.91. The van der Waals surface area contributed by atoms with Crippen LogP contribution in [0.5, 0.6) is 0 Å². The predicted octanol–water partition coefficient (Wildman–Crippen LogP) is 3.78. The number of benzene rings is 3. The molecule has 0 spiro atoms. The number of carbonyl (C=O) groups is 1. The van der Waals surface area contributed by atoms with Crippen molar-refractivity contribution in [3.8, 4) is 11.1 Å². The molecule has 184 valence electrons. The Labute approximate surface area is 213 Å². The summed E-state index contributed by atoms with van der Waals surface area (Å²) >= 11 is 0. The van der Waals surface area contributed by atoms with Gasteiger partial charge in [-0.2, -0.15) is 0 Å². The van der Waals surface area contributed by atoms with E-state index in [1.807, 2.05) is 24.3 Å². The Bertz CT molecular complexity index is 1790. The zero-order valence-electron chi connectivity index (χ0n) is 19.9. The van der Waals surface area contributed by atoms with Crippen LogP contribution in [0, 0.1) is 6.92 Å². The van der Waals surface area contributed by atoms with Gasteiger partial charge in [-0.25, -0.2) is 27.3 Å². The maximum Gasteiger partial charge on any atom is 0.273 e. The van der Waals surface area contributed by atoms with Crippen molar-refractivity contribution in [3.63, 3.8) is 0 Å². The Hall–Kier alpha value is -4.57. The number of anilines is 1. The van der Waals surface area contributed by atoms with Gasteiger partial charge in [0, 0.05) is 36.4 Å². The SMILES string of the molecule is Cc1nccn1S(=O)(=O)c1ccccc1-c1ccc2nc(N)nc(C(=O)N3Cc4ccccc4C3)c2c1. The fourth-order valence-corrected chi connectivity index (χ4v) is 6.30. The molecule has 0 radical (unpaired) electrons. The minimum Gasteiger partial charge on any atom is -0.368 e. The van der Waals surface area contributed by atoms with E-state index in [2.05, 4.69) is 15.0 Å². The molecule has 0 bridgehead atoms. The highest BCUT2D eigenvalue weighted by Crippen LogP contribution is 2.33. The van der Waals surface area contributed by atoms with Crippen LogP contribution in [0.15, 0.2) is 84.0 Å². The first kappa shape index (κ1) is 22.9. The second kappa shape index (κ2) is 8.52. The van der Waals surface area contributed by atoms with Crippen molar-refractivity contribution in [1.82, 2.24) is 23.8 Å². The van der Waals surface area contributed by atoms with E-state index >= 15 is 0 Å². The number of amides is 1. The summed E-state index contributed by atoms with van der Waals surface area (Å²) in [6, 6.07) is 19.9. The molecule has 3 aromatic carbocycles. The number of rotatable bonds is 4. The lowest BCUT2D eigenvalue weighted by atomic mass is 10.0. The Balaban J connectivity index is 1.47. The summed E-state index contributed by atoms with van der Waals surface area (Å²) in [4.78, 5) is 28.1. The van der Waals surface area contributed by atoms with E-state index in [1.165, 1.54) is 12.4 Å². The van der Waals surface area contributed by atoms with Gasteiger partial charge in [-0.05, 0) is 41.8 Å². The molecule has 2 N–H and O–H groups in total. The molecule has 0 unspecified atom stereocenters. The monoisotopic (exact) mass is 510 g/mol. The molecule has 37 heavy (non-hydrogen) atoms. The Morgan fingerprint density at radius 1 is 0.946 bits per heavy atom. The van der Waals surface area contributed by atoms with E-state index in [0.29, 0.717) is 40.9 Å². The average Bonchev–Trinajstić information content (AvgIpc) is 3.54. The number of hydrogen-bond acceptors (Lipinski definition) is 7. The highest BCUT2D eigenvalue weighted by atomic mass is 32.2. The molecular weight excluding hydrogens is 488 g/mol. The van der Waals surface area contributed by atoms with E-state index in [9.17, 15) is 13.2 Å². The summed E-state index contributed by atoms with van der Waals surface area (Å²) < 4.78 is 28.1. The number of nitrogens with zero attached hydrogens (tertiary/aromatic N) is 5. The first-order chi connectivity index (χ1) is 17.8. The normalized spacial score (nSPS) is 13.2. The van der Waals surface area contributed by atoms with Crippen LogP contribution in [0.2, 0.25) is 0 Å². The summed E-state index contributed by atoms with van der Waals surface area (Å²) in [6.07, 6.45) is 2.87. The molecule has 1 aliphatic rings. The van der Waals surface area contributed by atoms with Gasteiger partial charge in [-0.3, -0.25) is 4.79 Å². The van der Waals surface area contributed by atoms with Crippen molar-refractivity contribution >= 4 is 32.8 Å². The van der Waals surface area contributed by atoms with Crippen LogP contribution in [0.25, 0.3) is 22.0 Å². The Morgan fingerprint density at radius 2 is 1.65 bits per heavy atom. The van der Waals surface area contributed by atoms with Crippen LogP contribution < -0.4 is 5.73 Å². The lowest BCUT2D eigenvalue weighted by molar-refractivity contribution is 0.0747. The summed E-state index contributed by atoms with van der Waals surface area (Å²) in [5, 5.41) is 0.499. The van der Waals surface area contributed by atoms with Crippen molar-refractivity contribution in [2.45, 2.75) is 24.9 Å². The van der Waals surface area contributed by atoms with Crippen LogP contribution in [-0.2, 0) is 23.1 Å². The number of nitrogen functional groups attached to an aromatic ring is 1. The topological polar surface area (TPSA) is 124 Å². The molecule has 1 amide bonds. The summed E-state index contributed by atoms with van der Waals surface area (Å²) in [7, 11) is -3.91. The van der Waals surface area contributed by atoms with E-state index in [-0.39, 0.29) is 22.4 Å². The molecule has 0 saturated carbocycles. The van der Waals surface area contributed by atoms with Crippen LogP contribution in [0.4, 0.5) is 5.95 Å². The molecular formula is C27H22N6O3S. The summed E-state index contributed by atoms with van der Waals surface area (Å²) in [6.45, 7) is 2.59. The lowest BCUT2D eigenvalue weighted by Gasteiger charge is -2.17. The zero-order valence-corrected chi connectivity index (χ0v) is 20.7. The molecule has 5 aromatic rings. The summed E-state index contributed by atoms with van der Waals surface area (Å²) in [5.74, 6) is 0.0953. The van der Waals surface area contributed by atoms with Crippen molar-refractivity contribution in [3.05, 3.63) is 102 Å². The molecule has 6 rings (SSSR count). The van der Waals surface area contributed by atoms with E-state index in [1.54, 1.807) is 54.3 Å². The Morgan fingerprint density at radius 3 is 2.35 bits per heavy atom. The fraction of sp³-hybridized carbons (Fsp3) is 0.111. The van der Waals surface area contributed by atoms with Gasteiger partial charge in [-0.1, -0.05) is 48.5 Å². The average molecular weight is 511 g/mol. The third-order valence-electron chi connectivity index (χ3n) is 6.56. The number of aryl methyl sites for hydroxylation is 1. The molecule has 1 aliphatic heterocycles. The maximum atomic E-state index is 13.6. The predicted molar refractivity (Wildman–Crippen MR) is 139 cm³/mol. The van der Waals surface area contributed by atoms with E-state index in [4.69, 9.17) is 5.73 Å². The van der Waals surface area contributed by atoms with Crippen molar-refractivity contribution in [2.24, 2.45) is 0 Å². The lowest BCUT2D eigenvalue weighted by Crippen LogP contribution is -2.27. The van der Waals surface area contributed by atoms with Crippen LogP contribution >= 0.6 is 0 Å². The van der Waals surface area contributed by atoms with Gasteiger partial charge < -0.3 is 10.6 Å². The van der Waals surface area contributed by atoms with Gasteiger partial charge in [0.1, 0.15) is 11.5 Å². The van der Waals surface area contributed by atoms with Gasteiger partial charge in [0.15, 0.2) is 0 Å². The first-order valence-electron chi connectivity index (χ1n) is 11.6. The fourth-order valence-electron chi connectivity index (χ4n) is 4.76. The number of hydrogen-bond donors (Lipinski definition) is 1. The van der Waals surface area contributed by atoms with Gasteiger partial charge >= 0.3 is 0 Å². The molecule has 0 saturated heterocycles. The van der Waals surface area contributed by atoms with Crippen molar-refractivity contribution < 1.29 is 13.2 Å². The number of imidazole rings is 1. The quantitative estimate of drug-likeness (QED) is 0.390. The Kier molecular flexibility index (Phi) is 5.27. The summed E-state index contributed by atoms with van der Waals surface area (Å²) in [5.41, 5.74) is 9.93. The molecule has 0 fully saturated rings. The molecule has 9 nitrogen and oxygen atoms in total. The first-order valence-corrected chi connectivity index (χ1v) is 13.1. The second-order valence-corrected chi connectivity index (χ2v) is 10.6. The zero-order chi connectivity index (χ0) is 25.7. The van der Waals surface area contributed by atoms with Gasteiger partial charge in [-0.15, -0.1) is 0 Å². The highest BCUT2D eigenvalue weighted by Gasteiger charge is 2.28. The van der Waals surface area contributed by atoms with Crippen LogP contribution in [0.1, 0.15) is 27.4 Å². The van der Waals surface area contributed by atoms with E-state index < -0.39 is 10.0 Å². The largest absolute Gasteiger partial charge is 0.368 e. The van der Waals surface area contributed by atoms with Crippen LogP contribution in [-0.4, -0.2) is 38.1 Å². The van der Waals surface area contributed by atoms with Gasteiger partial charge in [0.05, 0.1) is 10.4 Å². The minimum absolute atomic E-state index is 0.00104. The van der Waals surface area contributed by atoms with E-state index in [0.717, 1.165) is 15.1 Å².